The van der Waals surface area contributed by atoms with Gasteiger partial charge in [-0.15, -0.1) is 0 Å². The number of nitrogens with one attached hydrogen (secondary N) is 2. The van der Waals surface area contributed by atoms with Crippen LogP contribution in [0.1, 0.15) is 46.8 Å². The minimum Gasteiger partial charge on any atom is -0.386 e. The fraction of sp³-hybridized carbons (Fsp3) is 0.154. The molecule has 2 amide bonds. The van der Waals surface area contributed by atoms with E-state index in [1.807, 2.05) is 24.3 Å². The third kappa shape index (κ3) is 4.93. The summed E-state index contributed by atoms with van der Waals surface area (Å²) < 4.78 is 22.8. The Morgan fingerprint density at radius 2 is 1.62 bits per heavy atom. The van der Waals surface area contributed by atoms with E-state index in [0.29, 0.717) is 29.2 Å². The summed E-state index contributed by atoms with van der Waals surface area (Å²) in [5.41, 5.74) is 5.25. The molecule has 34 heavy (non-hydrogen) atoms. The molecule has 1 aliphatic heterocycles. The Bertz CT molecular complexity index is 1410. The number of carbonyl (C=O) groups excluding carboxylic acids is 2. The zero-order valence-electron chi connectivity index (χ0n) is 18.8. The van der Waals surface area contributed by atoms with Crippen LogP contribution in [0.5, 0.6) is 0 Å². The normalized spacial score (nSPS) is 14.8. The second kappa shape index (κ2) is 9.24. The van der Waals surface area contributed by atoms with Crippen molar-refractivity contribution in [2.75, 3.05) is 0 Å². The smallest absolute Gasteiger partial charge is 0.260 e. The molecule has 0 saturated carbocycles. The Morgan fingerprint density at radius 1 is 0.912 bits per heavy atom. The lowest BCUT2D eigenvalue weighted by atomic mass is 9.90. The highest BCUT2D eigenvalue weighted by molar-refractivity contribution is 7.89. The van der Waals surface area contributed by atoms with E-state index in [9.17, 15) is 18.0 Å². The van der Waals surface area contributed by atoms with Gasteiger partial charge < -0.3 is 5.32 Å². The lowest BCUT2D eigenvalue weighted by Gasteiger charge is -2.20. The highest BCUT2D eigenvalue weighted by atomic mass is 32.2. The fourth-order valence-corrected chi connectivity index (χ4v) is 4.31. The molecule has 3 aromatic rings. The van der Waals surface area contributed by atoms with Crippen LogP contribution in [-0.4, -0.2) is 20.2 Å². The van der Waals surface area contributed by atoms with Crippen LogP contribution < -0.4 is 15.8 Å². The van der Waals surface area contributed by atoms with E-state index in [1.54, 1.807) is 24.4 Å². The first-order valence-electron chi connectivity index (χ1n) is 10.8. The van der Waals surface area contributed by atoms with Gasteiger partial charge in [0.25, 0.3) is 11.8 Å². The van der Waals surface area contributed by atoms with Crippen LogP contribution in [0, 0.1) is 0 Å². The molecule has 0 unspecified atom stereocenters. The molecule has 0 bridgehead atoms. The molecule has 0 aliphatic carbocycles. The van der Waals surface area contributed by atoms with E-state index in [-0.39, 0.29) is 4.90 Å². The Hall–Kier alpha value is -3.75. The fourth-order valence-electron chi connectivity index (χ4n) is 3.79. The average Bonchev–Trinajstić information content (AvgIpc) is 2.80. The summed E-state index contributed by atoms with van der Waals surface area (Å²) in [6.07, 6.45) is 1.57. The van der Waals surface area contributed by atoms with Crippen molar-refractivity contribution in [3.63, 3.8) is 0 Å². The van der Waals surface area contributed by atoms with Gasteiger partial charge in [0, 0.05) is 23.9 Å². The summed E-state index contributed by atoms with van der Waals surface area (Å²) >= 11 is 0. The first-order valence-corrected chi connectivity index (χ1v) is 12.3. The van der Waals surface area contributed by atoms with E-state index in [1.165, 1.54) is 17.7 Å². The minimum absolute atomic E-state index is 0.0303. The number of benzene rings is 3. The van der Waals surface area contributed by atoms with Crippen LogP contribution in [0.15, 0.2) is 77.8 Å². The highest BCUT2D eigenvalue weighted by Crippen LogP contribution is 2.30. The van der Waals surface area contributed by atoms with Crippen LogP contribution in [0.25, 0.3) is 16.7 Å². The third-order valence-corrected chi connectivity index (χ3v) is 6.65. The maximum absolute atomic E-state index is 12.6. The van der Waals surface area contributed by atoms with E-state index in [0.717, 1.165) is 16.7 Å². The summed E-state index contributed by atoms with van der Waals surface area (Å²) in [6.45, 7) is 4.61. The number of primary sulfonamides is 1. The molecule has 4 N–H and O–H groups in total. The number of fused-ring (bicyclic) bond motifs is 1. The zero-order valence-corrected chi connectivity index (χ0v) is 19.6. The molecule has 7 nitrogen and oxygen atoms in total. The molecule has 4 rings (SSSR count). The second-order valence-electron chi connectivity index (χ2n) is 8.45. The Balaban J connectivity index is 1.63. The minimum atomic E-state index is -3.76. The van der Waals surface area contributed by atoms with Gasteiger partial charge in [-0.1, -0.05) is 56.3 Å². The van der Waals surface area contributed by atoms with E-state index in [2.05, 4.69) is 36.6 Å². The molecule has 8 heteroatoms. The number of hydrogen-bond acceptors (Lipinski definition) is 5. The van der Waals surface area contributed by atoms with Crippen LogP contribution in [0.4, 0.5) is 0 Å². The SMILES string of the molecule is CC(C)c1cccc(-c2ccc3c(c2)/C(=C/NCc2ccc(S(N)(=O)=O)cc2)C(=O)NC3=O)c1. The van der Waals surface area contributed by atoms with E-state index < -0.39 is 21.8 Å². The topological polar surface area (TPSA) is 118 Å². The first-order chi connectivity index (χ1) is 16.1. The number of nitrogens with two attached hydrogens (primary N) is 1. The standard InChI is InChI=1S/C26H25N3O4S/c1-16(2)18-4-3-5-19(12-18)20-8-11-22-23(13-20)24(26(31)29-25(22)30)15-28-14-17-6-9-21(10-7-17)34(27,32)33/h3-13,15-16,28H,14H2,1-2H3,(H2,27,32,33)(H,29,30,31)/b24-15-. The van der Waals surface area contributed by atoms with Crippen molar-refractivity contribution in [2.45, 2.75) is 31.2 Å². The van der Waals surface area contributed by atoms with Gasteiger partial charge in [-0.2, -0.15) is 0 Å². The number of hydrogen-bond donors (Lipinski definition) is 3. The van der Waals surface area contributed by atoms with E-state index in [4.69, 9.17) is 5.14 Å². The zero-order chi connectivity index (χ0) is 24.5. The van der Waals surface area contributed by atoms with Gasteiger partial charge in [-0.3, -0.25) is 14.9 Å². The van der Waals surface area contributed by atoms with Gasteiger partial charge in [0.15, 0.2) is 0 Å². The highest BCUT2D eigenvalue weighted by Gasteiger charge is 2.27. The monoisotopic (exact) mass is 475 g/mol. The quantitative estimate of drug-likeness (QED) is 0.372. The molecule has 174 valence electrons. The van der Waals surface area contributed by atoms with Crippen molar-refractivity contribution < 1.29 is 18.0 Å². The summed E-state index contributed by atoms with van der Waals surface area (Å²) in [6, 6.07) is 19.8. The number of rotatable bonds is 6. The molecule has 0 fully saturated rings. The summed E-state index contributed by atoms with van der Waals surface area (Å²) in [5, 5.41) is 10.6. The molecule has 3 aromatic carbocycles. The average molecular weight is 476 g/mol. The maximum Gasteiger partial charge on any atom is 0.260 e. The largest absolute Gasteiger partial charge is 0.386 e. The van der Waals surface area contributed by atoms with Crippen molar-refractivity contribution in [1.82, 2.24) is 10.6 Å². The van der Waals surface area contributed by atoms with Crippen LogP contribution in [0.2, 0.25) is 0 Å². The Morgan fingerprint density at radius 3 is 2.29 bits per heavy atom. The molecule has 0 saturated heterocycles. The molecule has 1 heterocycles. The molecule has 0 radical (unpaired) electrons. The molecule has 0 spiro atoms. The summed E-state index contributed by atoms with van der Waals surface area (Å²) in [4.78, 5) is 25.1. The number of carbonyl (C=O) groups is 2. The van der Waals surface area contributed by atoms with Crippen molar-refractivity contribution in [1.29, 1.82) is 0 Å². The third-order valence-electron chi connectivity index (χ3n) is 5.72. The van der Waals surface area contributed by atoms with Crippen molar-refractivity contribution in [3.8, 4) is 11.1 Å². The van der Waals surface area contributed by atoms with Gasteiger partial charge in [-0.05, 0) is 52.4 Å². The van der Waals surface area contributed by atoms with E-state index >= 15 is 0 Å². The van der Waals surface area contributed by atoms with Crippen molar-refractivity contribution >= 4 is 27.4 Å². The van der Waals surface area contributed by atoms with Crippen LogP contribution in [-0.2, 0) is 21.4 Å². The summed E-state index contributed by atoms with van der Waals surface area (Å²) in [5.74, 6) is -0.538. The van der Waals surface area contributed by atoms with Crippen molar-refractivity contribution in [3.05, 3.63) is 95.2 Å². The molecule has 1 aliphatic rings. The first kappa shape index (κ1) is 23.4. The second-order valence-corrected chi connectivity index (χ2v) is 10.0. The molecular formula is C26H25N3O4S. The lowest BCUT2D eigenvalue weighted by Crippen LogP contribution is -2.37. The van der Waals surface area contributed by atoms with Gasteiger partial charge >= 0.3 is 0 Å². The molecule has 0 atom stereocenters. The number of imide groups is 1. The predicted molar refractivity (Wildman–Crippen MR) is 131 cm³/mol. The van der Waals surface area contributed by atoms with Gasteiger partial charge in [0.1, 0.15) is 0 Å². The number of sulfonamides is 1. The molecule has 0 aromatic heterocycles. The predicted octanol–water partition coefficient (Wildman–Crippen LogP) is 3.53. The molecular weight excluding hydrogens is 450 g/mol. The van der Waals surface area contributed by atoms with Crippen LogP contribution >= 0.6 is 0 Å². The van der Waals surface area contributed by atoms with Gasteiger partial charge in [0.05, 0.1) is 10.5 Å². The van der Waals surface area contributed by atoms with Crippen LogP contribution in [0.3, 0.4) is 0 Å². The summed E-state index contributed by atoms with van der Waals surface area (Å²) in [7, 11) is -3.76. The Kier molecular flexibility index (Phi) is 6.37. The van der Waals surface area contributed by atoms with Gasteiger partial charge in [-0.25, -0.2) is 13.6 Å². The van der Waals surface area contributed by atoms with Crippen molar-refractivity contribution in [2.24, 2.45) is 5.14 Å². The van der Waals surface area contributed by atoms with Gasteiger partial charge in [0.2, 0.25) is 10.0 Å². The lowest BCUT2D eigenvalue weighted by molar-refractivity contribution is -0.114. The maximum atomic E-state index is 12.6. The Labute approximate surface area is 198 Å². The number of amides is 2.